The summed E-state index contributed by atoms with van der Waals surface area (Å²) in [5.74, 6) is -1.41. The Bertz CT molecular complexity index is 857. The molecule has 0 unspecified atom stereocenters. The van der Waals surface area contributed by atoms with Gasteiger partial charge in [0.1, 0.15) is 0 Å². The molecule has 0 fully saturated rings. The molecule has 0 aliphatic rings. The van der Waals surface area contributed by atoms with Crippen molar-refractivity contribution in [3.63, 3.8) is 0 Å². The van der Waals surface area contributed by atoms with E-state index in [1.165, 1.54) is 32.9 Å². The topological polar surface area (TPSA) is 102 Å². The van der Waals surface area contributed by atoms with Crippen LogP contribution in [0.5, 0.6) is 0 Å². The van der Waals surface area contributed by atoms with E-state index in [0.29, 0.717) is 16.9 Å². The summed E-state index contributed by atoms with van der Waals surface area (Å²) < 4.78 is 5.22. The number of hydrogen-bond acceptors (Lipinski definition) is 5. The standard InChI is InChI=1S/C20H20N2O5/c1-12(19(25)15-4-8-17(9-5-15)21-13(2)23)27-20(26)16-6-10-18(11-7-16)22-14(3)24/h4-12H,1-3H3,(H,21,23)(H,22,24)/t12-/m0/s1. The number of amides is 2. The molecule has 2 rings (SSSR count). The molecule has 0 spiro atoms. The third-order valence-corrected chi connectivity index (χ3v) is 3.58. The van der Waals surface area contributed by atoms with E-state index in [1.54, 1.807) is 36.4 Å². The van der Waals surface area contributed by atoms with E-state index >= 15 is 0 Å². The summed E-state index contributed by atoms with van der Waals surface area (Å²) in [6.45, 7) is 4.27. The molecule has 2 aromatic rings. The number of ether oxygens (including phenoxy) is 1. The Labute approximate surface area is 156 Å². The summed E-state index contributed by atoms with van der Waals surface area (Å²) in [6, 6.07) is 12.5. The van der Waals surface area contributed by atoms with Crippen LogP contribution < -0.4 is 10.6 Å². The zero-order chi connectivity index (χ0) is 20.0. The number of carbonyl (C=O) groups is 4. The molecule has 0 saturated heterocycles. The Kier molecular flexibility index (Phi) is 6.43. The first-order valence-corrected chi connectivity index (χ1v) is 8.27. The normalized spacial score (nSPS) is 11.2. The predicted molar refractivity (Wildman–Crippen MR) is 101 cm³/mol. The molecule has 2 amide bonds. The van der Waals surface area contributed by atoms with Crippen molar-refractivity contribution in [2.45, 2.75) is 26.9 Å². The number of hydrogen-bond donors (Lipinski definition) is 2. The van der Waals surface area contributed by atoms with Crippen LogP contribution in [-0.4, -0.2) is 29.7 Å². The Balaban J connectivity index is 1.99. The van der Waals surface area contributed by atoms with Crippen molar-refractivity contribution in [2.75, 3.05) is 10.6 Å². The van der Waals surface area contributed by atoms with E-state index < -0.39 is 12.1 Å². The fourth-order valence-electron chi connectivity index (χ4n) is 2.33. The Morgan fingerprint density at radius 2 is 1.15 bits per heavy atom. The van der Waals surface area contributed by atoms with Gasteiger partial charge in [-0.3, -0.25) is 14.4 Å². The molecule has 2 N–H and O–H groups in total. The lowest BCUT2D eigenvalue weighted by atomic mass is 10.1. The highest BCUT2D eigenvalue weighted by atomic mass is 16.5. The molecule has 0 aliphatic carbocycles. The molecular formula is C20H20N2O5. The lowest BCUT2D eigenvalue weighted by Gasteiger charge is -2.13. The number of rotatable bonds is 6. The largest absolute Gasteiger partial charge is 0.451 e. The molecule has 0 bridgehead atoms. The first-order chi connectivity index (χ1) is 12.8. The van der Waals surface area contributed by atoms with Gasteiger partial charge in [0, 0.05) is 30.8 Å². The van der Waals surface area contributed by atoms with Gasteiger partial charge in [0.25, 0.3) is 0 Å². The number of ketones is 1. The molecule has 0 radical (unpaired) electrons. The molecule has 7 nitrogen and oxygen atoms in total. The zero-order valence-corrected chi connectivity index (χ0v) is 15.2. The van der Waals surface area contributed by atoms with Crippen LogP contribution in [0, 0.1) is 0 Å². The Morgan fingerprint density at radius 1 is 0.741 bits per heavy atom. The van der Waals surface area contributed by atoms with Crippen LogP contribution in [-0.2, 0) is 14.3 Å². The molecule has 1 atom stereocenters. The first-order valence-electron chi connectivity index (χ1n) is 8.27. The number of esters is 1. The first kappa shape index (κ1) is 19.8. The van der Waals surface area contributed by atoms with Gasteiger partial charge < -0.3 is 15.4 Å². The average molecular weight is 368 g/mol. The maximum absolute atomic E-state index is 12.4. The summed E-state index contributed by atoms with van der Waals surface area (Å²) in [5.41, 5.74) is 1.76. The van der Waals surface area contributed by atoms with Crippen molar-refractivity contribution in [1.82, 2.24) is 0 Å². The van der Waals surface area contributed by atoms with E-state index in [0.717, 1.165) is 0 Å². The number of anilines is 2. The molecular weight excluding hydrogens is 348 g/mol. The summed E-state index contributed by atoms with van der Waals surface area (Å²) in [6.07, 6.45) is -0.973. The van der Waals surface area contributed by atoms with Crippen LogP contribution in [0.2, 0.25) is 0 Å². The minimum Gasteiger partial charge on any atom is -0.451 e. The fourth-order valence-corrected chi connectivity index (χ4v) is 2.33. The van der Waals surface area contributed by atoms with E-state index in [1.807, 2.05) is 0 Å². The van der Waals surface area contributed by atoms with Gasteiger partial charge in [0.2, 0.25) is 17.6 Å². The maximum atomic E-state index is 12.4. The molecule has 0 aliphatic heterocycles. The predicted octanol–water partition coefficient (Wildman–Crippen LogP) is 3.03. The zero-order valence-electron chi connectivity index (χ0n) is 15.2. The second-order valence-electron chi connectivity index (χ2n) is 5.93. The molecule has 0 aromatic heterocycles. The average Bonchev–Trinajstić information content (AvgIpc) is 2.61. The van der Waals surface area contributed by atoms with Gasteiger partial charge in [-0.1, -0.05) is 0 Å². The highest BCUT2D eigenvalue weighted by Gasteiger charge is 2.20. The summed E-state index contributed by atoms with van der Waals surface area (Å²) in [4.78, 5) is 46.6. The summed E-state index contributed by atoms with van der Waals surface area (Å²) in [7, 11) is 0. The molecule has 27 heavy (non-hydrogen) atoms. The van der Waals surface area contributed by atoms with E-state index in [9.17, 15) is 19.2 Å². The third kappa shape index (κ3) is 5.78. The van der Waals surface area contributed by atoms with Gasteiger partial charge in [-0.2, -0.15) is 0 Å². The minimum absolute atomic E-state index is 0.208. The lowest BCUT2D eigenvalue weighted by Crippen LogP contribution is -2.24. The second kappa shape index (κ2) is 8.75. The highest BCUT2D eigenvalue weighted by Crippen LogP contribution is 2.15. The van der Waals surface area contributed by atoms with Crippen LogP contribution in [0.4, 0.5) is 11.4 Å². The second-order valence-corrected chi connectivity index (χ2v) is 5.93. The van der Waals surface area contributed by atoms with Crippen molar-refractivity contribution < 1.29 is 23.9 Å². The van der Waals surface area contributed by atoms with Crippen molar-refractivity contribution in [1.29, 1.82) is 0 Å². The van der Waals surface area contributed by atoms with Crippen molar-refractivity contribution >= 4 is 34.9 Å². The number of benzene rings is 2. The van der Waals surface area contributed by atoms with Gasteiger partial charge in [0.15, 0.2) is 6.10 Å². The van der Waals surface area contributed by atoms with Gasteiger partial charge in [-0.15, -0.1) is 0 Å². The van der Waals surface area contributed by atoms with Gasteiger partial charge in [0.05, 0.1) is 5.56 Å². The van der Waals surface area contributed by atoms with Crippen LogP contribution >= 0.6 is 0 Å². The van der Waals surface area contributed by atoms with E-state index in [4.69, 9.17) is 4.74 Å². The number of nitrogens with one attached hydrogen (secondary N) is 2. The maximum Gasteiger partial charge on any atom is 0.338 e. The quantitative estimate of drug-likeness (QED) is 0.603. The van der Waals surface area contributed by atoms with Crippen LogP contribution in [0.25, 0.3) is 0 Å². The minimum atomic E-state index is -0.973. The third-order valence-electron chi connectivity index (χ3n) is 3.58. The van der Waals surface area contributed by atoms with Gasteiger partial charge in [-0.25, -0.2) is 4.79 Å². The van der Waals surface area contributed by atoms with Crippen molar-refractivity contribution in [2.24, 2.45) is 0 Å². The fraction of sp³-hybridized carbons (Fsp3) is 0.200. The molecule has 0 heterocycles. The molecule has 2 aromatic carbocycles. The monoisotopic (exact) mass is 368 g/mol. The number of carbonyl (C=O) groups excluding carboxylic acids is 4. The summed E-state index contributed by atoms with van der Waals surface area (Å²) in [5, 5.41) is 5.20. The Morgan fingerprint density at radius 3 is 1.56 bits per heavy atom. The number of Topliss-reactive ketones (excluding diaryl/α,β-unsaturated/α-hetero) is 1. The highest BCUT2D eigenvalue weighted by molar-refractivity contribution is 6.02. The molecule has 0 saturated carbocycles. The smallest absolute Gasteiger partial charge is 0.338 e. The van der Waals surface area contributed by atoms with Crippen molar-refractivity contribution in [3.05, 3.63) is 59.7 Å². The SMILES string of the molecule is CC(=O)Nc1ccc(C(=O)O[C@@H](C)C(=O)c2ccc(NC(C)=O)cc2)cc1. The molecule has 7 heteroatoms. The van der Waals surface area contributed by atoms with E-state index in [2.05, 4.69) is 10.6 Å². The van der Waals surface area contributed by atoms with Crippen LogP contribution in [0.1, 0.15) is 41.5 Å². The van der Waals surface area contributed by atoms with Gasteiger partial charge >= 0.3 is 5.97 Å². The van der Waals surface area contributed by atoms with E-state index in [-0.39, 0.29) is 23.2 Å². The summed E-state index contributed by atoms with van der Waals surface area (Å²) >= 11 is 0. The van der Waals surface area contributed by atoms with Crippen molar-refractivity contribution in [3.8, 4) is 0 Å². The van der Waals surface area contributed by atoms with Crippen LogP contribution in [0.15, 0.2) is 48.5 Å². The molecule has 140 valence electrons. The lowest BCUT2D eigenvalue weighted by molar-refractivity contribution is -0.115. The van der Waals surface area contributed by atoms with Gasteiger partial charge in [-0.05, 0) is 55.5 Å². The Hall–Kier alpha value is -3.48. The van der Waals surface area contributed by atoms with Crippen LogP contribution in [0.3, 0.4) is 0 Å².